The normalized spacial score (nSPS) is 21.8. The predicted molar refractivity (Wildman–Crippen MR) is 87.0 cm³/mol. The van der Waals surface area contributed by atoms with Crippen LogP contribution in [0.2, 0.25) is 0 Å². The van der Waals surface area contributed by atoms with Crippen molar-refractivity contribution in [2.24, 2.45) is 0 Å². The number of carboxylic acid groups (broad SMARTS) is 1. The van der Waals surface area contributed by atoms with E-state index in [1.807, 2.05) is 4.57 Å². The summed E-state index contributed by atoms with van der Waals surface area (Å²) in [6.45, 7) is 6.13. The van der Waals surface area contributed by atoms with Gasteiger partial charge in [-0.05, 0) is 18.6 Å². The van der Waals surface area contributed by atoms with Gasteiger partial charge in [0.25, 0.3) is 0 Å². The van der Waals surface area contributed by atoms with Gasteiger partial charge in [0.15, 0.2) is 11.3 Å². The van der Waals surface area contributed by atoms with E-state index < -0.39 is 5.97 Å². The van der Waals surface area contributed by atoms with Crippen LogP contribution in [0.1, 0.15) is 22.7 Å². The Labute approximate surface area is 139 Å². The first-order valence-corrected chi connectivity index (χ1v) is 8.35. The number of pyridine rings is 1. The fraction of sp³-hybridized carbons (Fsp3) is 0.562. The SMILES string of the molecule is O=C(O)c1ccc2nc(CN3CCNCC3)n(CC3CCO3)c2n1. The number of fused-ring (bicyclic) bond motifs is 1. The Morgan fingerprint density at radius 3 is 2.79 bits per heavy atom. The van der Waals surface area contributed by atoms with Gasteiger partial charge >= 0.3 is 5.97 Å². The van der Waals surface area contributed by atoms with Gasteiger partial charge in [-0.1, -0.05) is 0 Å². The van der Waals surface area contributed by atoms with E-state index in [-0.39, 0.29) is 11.8 Å². The Morgan fingerprint density at radius 1 is 1.33 bits per heavy atom. The Morgan fingerprint density at radius 2 is 2.12 bits per heavy atom. The summed E-state index contributed by atoms with van der Waals surface area (Å²) < 4.78 is 7.59. The molecule has 1 unspecified atom stereocenters. The number of hydrogen-bond donors (Lipinski definition) is 2. The largest absolute Gasteiger partial charge is 0.477 e. The molecular formula is C16H21N5O3. The maximum absolute atomic E-state index is 11.2. The van der Waals surface area contributed by atoms with Gasteiger partial charge in [0.1, 0.15) is 11.3 Å². The molecule has 8 nitrogen and oxygen atoms in total. The molecule has 0 aromatic carbocycles. The summed E-state index contributed by atoms with van der Waals surface area (Å²) in [4.78, 5) is 22.6. The zero-order valence-corrected chi connectivity index (χ0v) is 13.4. The second-order valence-corrected chi connectivity index (χ2v) is 6.29. The molecule has 4 heterocycles. The van der Waals surface area contributed by atoms with Crippen LogP contribution in [0.5, 0.6) is 0 Å². The van der Waals surface area contributed by atoms with E-state index in [2.05, 4.69) is 15.2 Å². The van der Waals surface area contributed by atoms with E-state index in [9.17, 15) is 9.90 Å². The number of rotatable bonds is 5. The first-order chi connectivity index (χ1) is 11.7. The highest BCUT2D eigenvalue weighted by atomic mass is 16.5. The lowest BCUT2D eigenvalue weighted by Crippen LogP contribution is -2.43. The summed E-state index contributed by atoms with van der Waals surface area (Å²) in [5.41, 5.74) is 1.42. The summed E-state index contributed by atoms with van der Waals surface area (Å²) in [5, 5.41) is 12.6. The van der Waals surface area contributed by atoms with Crippen LogP contribution in [-0.4, -0.2) is 69.4 Å². The van der Waals surface area contributed by atoms with Crippen molar-refractivity contribution < 1.29 is 14.6 Å². The Kier molecular flexibility index (Phi) is 4.17. The number of imidazole rings is 1. The standard InChI is InChI=1S/C16H21N5O3/c22-16(23)13-2-1-12-15(19-13)21(9-11-3-8-24-11)14(18-12)10-20-6-4-17-5-7-20/h1-2,11,17H,3-10H2,(H,22,23). The first-order valence-electron chi connectivity index (χ1n) is 8.35. The van der Waals surface area contributed by atoms with Gasteiger partial charge in [-0.2, -0.15) is 0 Å². The molecular weight excluding hydrogens is 310 g/mol. The molecule has 0 saturated carbocycles. The van der Waals surface area contributed by atoms with Crippen LogP contribution in [0.15, 0.2) is 12.1 Å². The molecule has 2 N–H and O–H groups in total. The molecule has 0 bridgehead atoms. The third kappa shape index (κ3) is 3.00. The van der Waals surface area contributed by atoms with Crippen molar-refractivity contribution >= 4 is 17.1 Å². The van der Waals surface area contributed by atoms with E-state index in [1.54, 1.807) is 6.07 Å². The van der Waals surface area contributed by atoms with Crippen molar-refractivity contribution in [3.05, 3.63) is 23.7 Å². The molecule has 2 aromatic heterocycles. The predicted octanol–water partition coefficient (Wildman–Crippen LogP) is 0.324. The van der Waals surface area contributed by atoms with Gasteiger partial charge in [0.05, 0.1) is 19.2 Å². The Hall–Kier alpha value is -2.03. The van der Waals surface area contributed by atoms with Crippen LogP contribution in [-0.2, 0) is 17.8 Å². The zero-order chi connectivity index (χ0) is 16.5. The topological polar surface area (TPSA) is 92.5 Å². The molecule has 0 spiro atoms. The van der Waals surface area contributed by atoms with Crippen molar-refractivity contribution in [2.45, 2.75) is 25.6 Å². The lowest BCUT2D eigenvalue weighted by molar-refractivity contribution is -0.0592. The van der Waals surface area contributed by atoms with Crippen LogP contribution in [0.3, 0.4) is 0 Å². The number of aromatic nitrogens is 3. The number of nitrogens with one attached hydrogen (secondary N) is 1. The molecule has 0 radical (unpaired) electrons. The zero-order valence-electron chi connectivity index (χ0n) is 13.4. The Balaban J connectivity index is 1.69. The first kappa shape index (κ1) is 15.5. The third-order valence-corrected chi connectivity index (χ3v) is 4.64. The minimum atomic E-state index is -1.02. The molecule has 2 saturated heterocycles. The van der Waals surface area contributed by atoms with Crippen LogP contribution >= 0.6 is 0 Å². The molecule has 2 aliphatic heterocycles. The molecule has 128 valence electrons. The smallest absolute Gasteiger partial charge is 0.354 e. The summed E-state index contributed by atoms with van der Waals surface area (Å²) in [6.07, 6.45) is 1.19. The van der Waals surface area contributed by atoms with Crippen molar-refractivity contribution in [1.29, 1.82) is 0 Å². The lowest BCUT2D eigenvalue weighted by Gasteiger charge is -2.29. The minimum absolute atomic E-state index is 0.0481. The number of hydrogen-bond acceptors (Lipinski definition) is 6. The van der Waals surface area contributed by atoms with Gasteiger partial charge < -0.3 is 19.7 Å². The molecule has 2 aliphatic rings. The van der Waals surface area contributed by atoms with Gasteiger partial charge in [0.2, 0.25) is 0 Å². The summed E-state index contributed by atoms with van der Waals surface area (Å²) >= 11 is 0. The minimum Gasteiger partial charge on any atom is -0.477 e. The number of carbonyl (C=O) groups is 1. The van der Waals surface area contributed by atoms with E-state index in [0.717, 1.165) is 57.1 Å². The average molecular weight is 331 g/mol. The second kappa shape index (κ2) is 6.46. The van der Waals surface area contributed by atoms with Gasteiger partial charge in [-0.25, -0.2) is 14.8 Å². The quantitative estimate of drug-likeness (QED) is 0.815. The monoisotopic (exact) mass is 331 g/mol. The molecule has 1 atom stereocenters. The van der Waals surface area contributed by atoms with E-state index in [1.165, 1.54) is 6.07 Å². The molecule has 0 aliphatic carbocycles. The number of aromatic carboxylic acids is 1. The van der Waals surface area contributed by atoms with Crippen molar-refractivity contribution in [2.75, 3.05) is 32.8 Å². The third-order valence-electron chi connectivity index (χ3n) is 4.64. The number of carboxylic acids is 1. The highest BCUT2D eigenvalue weighted by Crippen LogP contribution is 2.21. The fourth-order valence-electron chi connectivity index (χ4n) is 3.18. The molecule has 8 heteroatoms. The summed E-state index contributed by atoms with van der Waals surface area (Å²) in [5.74, 6) is -0.0920. The fourth-order valence-corrected chi connectivity index (χ4v) is 3.18. The van der Waals surface area contributed by atoms with Crippen molar-refractivity contribution in [1.82, 2.24) is 24.8 Å². The van der Waals surface area contributed by atoms with Crippen LogP contribution < -0.4 is 5.32 Å². The van der Waals surface area contributed by atoms with Crippen molar-refractivity contribution in [3.8, 4) is 0 Å². The Bertz CT molecular complexity index is 749. The molecule has 0 amide bonds. The molecule has 2 aromatic rings. The average Bonchev–Trinajstić information content (AvgIpc) is 2.88. The van der Waals surface area contributed by atoms with E-state index in [0.29, 0.717) is 12.2 Å². The van der Waals surface area contributed by atoms with Crippen LogP contribution in [0.25, 0.3) is 11.2 Å². The highest BCUT2D eigenvalue weighted by Gasteiger charge is 2.24. The van der Waals surface area contributed by atoms with Gasteiger partial charge in [-0.3, -0.25) is 4.90 Å². The van der Waals surface area contributed by atoms with E-state index in [4.69, 9.17) is 9.72 Å². The summed E-state index contributed by atoms with van der Waals surface area (Å²) in [6, 6.07) is 3.25. The number of piperazine rings is 1. The summed E-state index contributed by atoms with van der Waals surface area (Å²) in [7, 11) is 0. The maximum atomic E-state index is 11.2. The van der Waals surface area contributed by atoms with Crippen LogP contribution in [0.4, 0.5) is 0 Å². The molecule has 4 rings (SSSR count). The van der Waals surface area contributed by atoms with Crippen LogP contribution in [0, 0.1) is 0 Å². The lowest BCUT2D eigenvalue weighted by atomic mass is 10.2. The maximum Gasteiger partial charge on any atom is 0.354 e. The molecule has 2 fully saturated rings. The highest BCUT2D eigenvalue weighted by molar-refractivity contribution is 5.88. The van der Waals surface area contributed by atoms with Gasteiger partial charge in [-0.15, -0.1) is 0 Å². The number of ether oxygens (including phenoxy) is 1. The van der Waals surface area contributed by atoms with Gasteiger partial charge in [0, 0.05) is 32.8 Å². The van der Waals surface area contributed by atoms with E-state index >= 15 is 0 Å². The number of nitrogens with zero attached hydrogens (tertiary/aromatic N) is 4. The molecule has 24 heavy (non-hydrogen) atoms. The van der Waals surface area contributed by atoms with Crippen molar-refractivity contribution in [3.63, 3.8) is 0 Å². The second-order valence-electron chi connectivity index (χ2n) is 6.29.